The minimum Gasteiger partial charge on any atom is -0.393 e. The molecule has 0 unspecified atom stereocenters. The highest BCUT2D eigenvalue weighted by Gasteiger charge is 2.34. The number of aliphatic hydroxyl groups is 8. The van der Waals surface area contributed by atoms with Gasteiger partial charge in [0.15, 0.2) is 0 Å². The van der Waals surface area contributed by atoms with Crippen molar-refractivity contribution >= 4 is 140 Å². The van der Waals surface area contributed by atoms with E-state index in [9.17, 15) is 116 Å². The predicted molar refractivity (Wildman–Crippen MR) is 544 cm³/mol. The van der Waals surface area contributed by atoms with E-state index in [4.69, 9.17) is 0 Å². The van der Waals surface area contributed by atoms with Gasteiger partial charge in [-0.05, 0) is 266 Å². The number of carbonyl (C=O) groups excluding carboxylic acids is 12. The number of piperidine rings is 1. The highest BCUT2D eigenvalue weighted by molar-refractivity contribution is 6.37. The molecule has 8 aromatic rings. The van der Waals surface area contributed by atoms with Crippen LogP contribution in [-0.4, -0.2) is 238 Å². The maximum absolute atomic E-state index is 13.8. The number of nitrogens with one attached hydrogen (secondary N) is 14. The third kappa shape index (κ3) is 31.6. The fourth-order valence-corrected chi connectivity index (χ4v) is 17.4. The lowest BCUT2D eigenvalue weighted by Crippen LogP contribution is -2.38. The number of aliphatic hydroxyl groups excluding tert-OH is 8. The summed E-state index contributed by atoms with van der Waals surface area (Å²) in [7, 11) is 1.47. The molecule has 4 aromatic carbocycles. The van der Waals surface area contributed by atoms with Crippen LogP contribution >= 0.6 is 0 Å². The number of aromatic nitrogens is 4. The van der Waals surface area contributed by atoms with Gasteiger partial charge in [-0.1, -0.05) is 22.3 Å². The van der Waals surface area contributed by atoms with E-state index in [1.165, 1.54) is 86.8 Å². The zero-order valence-electron chi connectivity index (χ0n) is 80.7. The van der Waals surface area contributed by atoms with Crippen molar-refractivity contribution in [2.75, 3.05) is 67.6 Å². The Balaban J connectivity index is 0.000000259. The maximum Gasteiger partial charge on any atom is 0.256 e. The lowest BCUT2D eigenvalue weighted by molar-refractivity contribution is -0.134. The second-order valence-electron chi connectivity index (χ2n) is 36.2. The number of aryl methyl sites for hydroxylation is 4. The number of amides is 11. The van der Waals surface area contributed by atoms with Gasteiger partial charge in [-0.15, -0.1) is 0 Å². The Bertz CT molecular complexity index is 6160. The fourth-order valence-electron chi connectivity index (χ4n) is 17.4. The van der Waals surface area contributed by atoms with Gasteiger partial charge in [0, 0.05) is 149 Å². The van der Waals surface area contributed by atoms with Crippen molar-refractivity contribution in [2.45, 2.75) is 250 Å². The van der Waals surface area contributed by atoms with E-state index < -0.39 is 72.1 Å². The summed E-state index contributed by atoms with van der Waals surface area (Å²) >= 11 is 0. The van der Waals surface area contributed by atoms with Gasteiger partial charge in [0.05, 0.1) is 113 Å². The molecule has 22 N–H and O–H groups in total. The summed E-state index contributed by atoms with van der Waals surface area (Å²) in [4.78, 5) is 161. The van der Waals surface area contributed by atoms with Crippen LogP contribution in [0.4, 0.5) is 40.3 Å². The molecule has 144 heavy (non-hydrogen) atoms. The SMILES string of the molecule is C.C.C.CC(=O)C[C@H](O)C[C@H](O)CCNC(=O)c1c(C)[nH]c(/C=C2\C(=O)Nc3ccc(F)cc32)c1C.CNC(=O)C[C@H](O)C[C@H](O)CCNC(=O)c1c(C)[nH]c(/C=C2\C(=O)Nc3ccc(F)cc32)c1C.Cc1[nH]c(/C=C2\C(=O)Nc3ccc(F)cc32)c(C)c1C(=O)NCC[C@@H](O)C[C@@H](O)CC(=O)N1CCCCC1.Cc1[nH]c(/C=C2\C(=O)Nc3ccc(F)cc32)c(C)c1C(=O)NCC[C@@H](O)C[C@@H](O)CC(=O)NC(C)C. The second kappa shape index (κ2) is 53.5. The summed E-state index contributed by atoms with van der Waals surface area (Å²) in [5.41, 5.74) is 14.0. The lowest BCUT2D eigenvalue weighted by atomic mass is 10.0. The van der Waals surface area contributed by atoms with E-state index in [1.807, 2.05) is 13.8 Å². The molecule has 0 spiro atoms. The van der Waals surface area contributed by atoms with Crippen molar-refractivity contribution in [1.82, 2.24) is 56.7 Å². The Hall–Kier alpha value is -13.8. The Labute approximate surface area is 834 Å². The summed E-state index contributed by atoms with van der Waals surface area (Å²) in [5.74, 6) is -5.46. The molecule has 4 aromatic heterocycles. The minimum absolute atomic E-state index is 0. The Morgan fingerprint density at radius 3 is 0.868 bits per heavy atom. The van der Waals surface area contributed by atoms with Crippen molar-refractivity contribution < 1.29 is 116 Å². The molecule has 13 rings (SSSR count). The molecule has 9 heterocycles. The van der Waals surface area contributed by atoms with Crippen LogP contribution in [0.1, 0.15) is 271 Å². The Morgan fingerprint density at radius 1 is 0.368 bits per heavy atom. The topological polar surface area (TPSA) is 553 Å². The zero-order chi connectivity index (χ0) is 103. The van der Waals surface area contributed by atoms with E-state index in [0.717, 1.165) is 32.4 Å². The number of likely N-dealkylation sites (tertiary alicyclic amines) is 1. The number of fused-ring (bicyclic) bond motifs is 4. The molecule has 1 fully saturated rings. The molecule has 0 radical (unpaired) electrons. The molecule has 0 bridgehead atoms. The molecule has 0 aliphatic carbocycles. The number of halogens is 4. The molecule has 8 atom stereocenters. The van der Waals surface area contributed by atoms with E-state index in [2.05, 4.69) is 73.1 Å². The van der Waals surface area contributed by atoms with Crippen LogP contribution in [0.5, 0.6) is 0 Å². The van der Waals surface area contributed by atoms with E-state index in [0.29, 0.717) is 157 Å². The molecule has 35 nitrogen and oxygen atoms in total. The summed E-state index contributed by atoms with van der Waals surface area (Å²) in [6.07, 6.45) is 2.96. The Morgan fingerprint density at radius 2 is 0.618 bits per heavy atom. The summed E-state index contributed by atoms with van der Waals surface area (Å²) in [6.45, 7) is 21.1. The van der Waals surface area contributed by atoms with E-state index in [1.54, 1.807) is 84.6 Å². The number of ketones is 1. The van der Waals surface area contributed by atoms with Crippen LogP contribution in [0.3, 0.4) is 0 Å². The van der Waals surface area contributed by atoms with Gasteiger partial charge < -0.3 is 119 Å². The number of hydrogen-bond acceptors (Lipinski definition) is 20. The zero-order valence-corrected chi connectivity index (χ0v) is 80.7. The molecule has 0 saturated carbocycles. The number of aromatic amines is 4. The second-order valence-corrected chi connectivity index (χ2v) is 36.2. The molecule has 5 aliphatic rings. The highest BCUT2D eigenvalue weighted by Crippen LogP contribution is 2.40. The van der Waals surface area contributed by atoms with E-state index in [-0.39, 0.29) is 202 Å². The van der Waals surface area contributed by atoms with Gasteiger partial charge in [0.2, 0.25) is 17.7 Å². The predicted octanol–water partition coefficient (Wildman–Crippen LogP) is 11.3. The first-order chi connectivity index (χ1) is 66.8. The average Bonchev–Trinajstić information content (AvgIpc) is 1.64. The molecule has 1 saturated heterocycles. The van der Waals surface area contributed by atoms with E-state index >= 15 is 0 Å². The quantitative estimate of drug-likeness (QED) is 0.0127. The normalized spacial score (nSPS) is 15.9. The summed E-state index contributed by atoms with van der Waals surface area (Å²) in [6, 6.07) is 16.2. The molecule has 5 aliphatic heterocycles. The first-order valence-corrected chi connectivity index (χ1v) is 46.7. The Kier molecular flexibility index (Phi) is 43.5. The number of carbonyl (C=O) groups is 12. The van der Waals surface area contributed by atoms with Crippen molar-refractivity contribution in [3.63, 3.8) is 0 Å². The lowest BCUT2D eigenvalue weighted by Gasteiger charge is -2.27. The summed E-state index contributed by atoms with van der Waals surface area (Å²) in [5, 5.41) is 107. The van der Waals surface area contributed by atoms with Crippen LogP contribution < -0.4 is 53.2 Å². The number of hydrogen-bond donors (Lipinski definition) is 22. The van der Waals surface area contributed by atoms with Crippen LogP contribution in [0.25, 0.3) is 46.6 Å². The van der Waals surface area contributed by atoms with Crippen molar-refractivity contribution in [3.05, 3.63) is 208 Å². The monoisotopic (exact) mass is 2000 g/mol. The third-order valence-corrected chi connectivity index (χ3v) is 24.5. The van der Waals surface area contributed by atoms with Crippen LogP contribution in [-0.2, 0) is 38.4 Å². The largest absolute Gasteiger partial charge is 0.393 e. The molecule has 11 amide bonds. The third-order valence-electron chi connectivity index (χ3n) is 24.5. The van der Waals surface area contributed by atoms with Crippen molar-refractivity contribution in [2.24, 2.45) is 0 Å². The number of anilines is 4. The van der Waals surface area contributed by atoms with Crippen LogP contribution in [0.2, 0.25) is 0 Å². The van der Waals surface area contributed by atoms with Gasteiger partial charge >= 0.3 is 0 Å². The number of nitrogens with zero attached hydrogens (tertiary/aromatic N) is 1. The van der Waals surface area contributed by atoms with Crippen molar-refractivity contribution in [1.29, 1.82) is 0 Å². The maximum atomic E-state index is 13.8. The number of rotatable bonds is 37. The smallest absolute Gasteiger partial charge is 0.256 e. The fraction of sp³-hybridized carbons (Fsp3) is 0.429. The molecular weight excluding hydrogens is 1870 g/mol. The standard InChI is InChI=1S/C28H35FN4O5.C26H33FN4O5.C24H29FN4O5.C24H28FN3O5.3CH4/c1-16-24(15-22-21-12-18(29)6-7-23(21)32-27(22)37)31-17(2)26(16)28(38)30-9-8-19(34)13-20(35)14-25(36)33-10-4-3-5-11-33;1-13(2)29-23(34)11-18(33)10-17(32)7-8-28-26(36)24-14(3)22(30-15(24)4)12-20-19-9-16(27)5-6-21(19)31-25(20)35;1-12-20(11-18-17-8-14(25)4-5-19(17)29-23(18)33)28-13(2)22(12)24(34)27-7-6-15(30)9-16(31)10-21(32)26-3;1-12(29)8-17(31)10-16(30)6-7-26-24(33)22-13(2)21(27-14(22)3)11-19-18-9-15(25)4-5-20(18)28-23(19)32;;;/h6-7,12,15,19-20,31,34-35H,3-5,8-11,13-14H2,1-2H3,(H,30,38)(H,32,37);5-6,9,12-13,17-18,30,32-33H,7-8,10-11H2,1-4H3,(H,28,36)(H,29,34)(H,31,35);4-5,8,11,15-16,28,30-31H,6-7,9-10H2,1-3H3,(H,26,32)(H,27,34)(H,29,33);4-5,9,11,16-17,27,30-31H,6-8,10H2,1-3H3,(H,26,33)(H,28,32);3*1H4/b22-15-;20-12-;18-11-;19-11-;;;/t19-,20-;17-,18-;15-,16-;16-,17+;;;/m1111.../s1. The van der Waals surface area contributed by atoms with Gasteiger partial charge in [-0.3, -0.25) is 57.5 Å². The first-order valence-electron chi connectivity index (χ1n) is 46.7. The number of H-pyrrole nitrogens is 4. The highest BCUT2D eigenvalue weighted by atomic mass is 19.1. The van der Waals surface area contributed by atoms with Gasteiger partial charge in [-0.2, -0.15) is 0 Å². The molecule has 39 heteroatoms. The minimum atomic E-state index is -0.981. The van der Waals surface area contributed by atoms with Gasteiger partial charge in [-0.25, -0.2) is 17.6 Å². The number of Topliss-reactive ketones (excluding diaryl/α,β-unsaturated/α-hetero) is 1. The molecule has 780 valence electrons. The molecular formula is C105H137F4N15O20. The first kappa shape index (κ1) is 117. The van der Waals surface area contributed by atoms with Crippen LogP contribution in [0, 0.1) is 78.7 Å². The van der Waals surface area contributed by atoms with Crippen molar-refractivity contribution in [3.8, 4) is 0 Å². The van der Waals surface area contributed by atoms with Gasteiger partial charge in [0.1, 0.15) is 29.1 Å². The summed E-state index contributed by atoms with van der Waals surface area (Å²) < 4.78 is 54.9. The number of benzene rings is 4. The van der Waals surface area contributed by atoms with Crippen LogP contribution in [0.15, 0.2) is 72.8 Å². The van der Waals surface area contributed by atoms with Gasteiger partial charge in [0.25, 0.3) is 47.3 Å². The average molecular weight is 2010 g/mol.